The number of rotatable bonds is 7. The maximum absolute atomic E-state index is 12.2. The average Bonchev–Trinajstić information content (AvgIpc) is 2.72. The molecule has 3 rings (SSSR count). The van der Waals surface area contributed by atoms with Gasteiger partial charge in [-0.3, -0.25) is 4.98 Å². The predicted molar refractivity (Wildman–Crippen MR) is 126 cm³/mol. The number of likely N-dealkylation sites (tertiary alicyclic amines) is 1. The number of carbonyl (C=O) groups is 1. The van der Waals surface area contributed by atoms with Crippen LogP contribution in [-0.2, 0) is 16.4 Å². The van der Waals surface area contributed by atoms with Crippen LogP contribution in [0.25, 0.3) is 0 Å². The summed E-state index contributed by atoms with van der Waals surface area (Å²) in [6.07, 6.45) is 2.57. The standard InChI is InChI=1S/C23H33N5O3S/c1-4-18-5-6-22(32(24,30)31)21(15-18)19-7-10-28(11-8-19)12-9-25-23(29)27-20-13-16(2)26-17(3)14-20/h5-6,13-15,19H,4,7-12H2,1-3H3,(H2,24,30,31)(H2,25,26,27,29). The van der Waals surface area contributed by atoms with Crippen LogP contribution in [0.15, 0.2) is 35.2 Å². The number of anilines is 1. The van der Waals surface area contributed by atoms with Crippen molar-refractivity contribution in [3.05, 3.63) is 52.8 Å². The number of hydrogen-bond donors (Lipinski definition) is 3. The van der Waals surface area contributed by atoms with Gasteiger partial charge in [-0.2, -0.15) is 0 Å². The molecular formula is C23H33N5O3S. The molecule has 1 aromatic heterocycles. The maximum Gasteiger partial charge on any atom is 0.319 e. The van der Waals surface area contributed by atoms with Crippen molar-refractivity contribution in [1.29, 1.82) is 0 Å². The van der Waals surface area contributed by atoms with Gasteiger partial charge in [-0.1, -0.05) is 19.1 Å². The number of primary sulfonamides is 1. The Labute approximate surface area is 190 Å². The minimum Gasteiger partial charge on any atom is -0.337 e. The van der Waals surface area contributed by atoms with Crippen molar-refractivity contribution in [2.24, 2.45) is 5.14 Å². The Balaban J connectivity index is 1.50. The first-order valence-corrected chi connectivity index (χ1v) is 12.6. The van der Waals surface area contributed by atoms with Crippen LogP contribution in [0.5, 0.6) is 0 Å². The van der Waals surface area contributed by atoms with E-state index in [4.69, 9.17) is 5.14 Å². The molecule has 1 aliphatic heterocycles. The van der Waals surface area contributed by atoms with Crippen molar-refractivity contribution in [1.82, 2.24) is 15.2 Å². The van der Waals surface area contributed by atoms with E-state index in [0.29, 0.717) is 6.54 Å². The quantitative estimate of drug-likeness (QED) is 0.588. The van der Waals surface area contributed by atoms with Crippen LogP contribution >= 0.6 is 0 Å². The lowest BCUT2D eigenvalue weighted by Gasteiger charge is -2.33. The van der Waals surface area contributed by atoms with E-state index in [9.17, 15) is 13.2 Å². The second-order valence-corrected chi connectivity index (χ2v) is 9.94. The third kappa shape index (κ3) is 6.51. The highest BCUT2D eigenvalue weighted by Gasteiger charge is 2.25. The highest BCUT2D eigenvalue weighted by molar-refractivity contribution is 7.89. The molecule has 0 radical (unpaired) electrons. The molecule has 8 nitrogen and oxygen atoms in total. The lowest BCUT2D eigenvalue weighted by molar-refractivity contribution is 0.210. The summed E-state index contributed by atoms with van der Waals surface area (Å²) >= 11 is 0. The van der Waals surface area contributed by atoms with E-state index in [1.165, 1.54) is 0 Å². The molecule has 9 heteroatoms. The molecule has 174 valence electrons. The van der Waals surface area contributed by atoms with Gasteiger partial charge in [0, 0.05) is 30.2 Å². The molecule has 1 saturated heterocycles. The summed E-state index contributed by atoms with van der Waals surface area (Å²) < 4.78 is 24.1. The van der Waals surface area contributed by atoms with Crippen LogP contribution < -0.4 is 15.8 Å². The highest BCUT2D eigenvalue weighted by atomic mass is 32.2. The number of nitrogens with two attached hydrogens (primary N) is 1. The molecule has 1 aliphatic rings. The zero-order valence-electron chi connectivity index (χ0n) is 19.0. The normalized spacial score (nSPS) is 15.5. The Morgan fingerprint density at radius 2 is 1.81 bits per heavy atom. The number of urea groups is 1. The van der Waals surface area contributed by atoms with Crippen LogP contribution in [-0.4, -0.2) is 50.5 Å². The Morgan fingerprint density at radius 3 is 2.41 bits per heavy atom. The van der Waals surface area contributed by atoms with Crippen molar-refractivity contribution < 1.29 is 13.2 Å². The van der Waals surface area contributed by atoms with E-state index < -0.39 is 10.0 Å². The highest BCUT2D eigenvalue weighted by Crippen LogP contribution is 2.33. The number of nitrogens with zero attached hydrogens (tertiary/aromatic N) is 2. The van der Waals surface area contributed by atoms with E-state index in [-0.39, 0.29) is 16.8 Å². The number of nitrogens with one attached hydrogen (secondary N) is 2. The van der Waals surface area contributed by atoms with Gasteiger partial charge >= 0.3 is 6.03 Å². The Hall–Kier alpha value is -2.49. The third-order valence-electron chi connectivity index (χ3n) is 5.87. The number of hydrogen-bond acceptors (Lipinski definition) is 5. The number of piperidine rings is 1. The number of sulfonamides is 1. The fourth-order valence-electron chi connectivity index (χ4n) is 4.27. The minimum atomic E-state index is -3.75. The number of aromatic nitrogens is 1. The van der Waals surface area contributed by atoms with Crippen molar-refractivity contribution in [2.75, 3.05) is 31.5 Å². The molecule has 0 bridgehead atoms. The van der Waals surface area contributed by atoms with Crippen LogP contribution in [0.1, 0.15) is 48.2 Å². The second-order valence-electron chi connectivity index (χ2n) is 8.41. The van der Waals surface area contributed by atoms with Crippen molar-refractivity contribution >= 4 is 21.7 Å². The Bertz CT molecular complexity index is 1040. The molecule has 1 aromatic carbocycles. The third-order valence-corrected chi connectivity index (χ3v) is 6.85. The number of benzene rings is 1. The van der Waals surface area contributed by atoms with Crippen LogP contribution in [0.4, 0.5) is 10.5 Å². The van der Waals surface area contributed by atoms with Gasteiger partial charge < -0.3 is 15.5 Å². The van der Waals surface area contributed by atoms with Gasteiger partial charge in [0.15, 0.2) is 0 Å². The van der Waals surface area contributed by atoms with Crippen LogP contribution in [0, 0.1) is 13.8 Å². The van der Waals surface area contributed by atoms with Crippen LogP contribution in [0.2, 0.25) is 0 Å². The van der Waals surface area contributed by atoms with E-state index in [0.717, 1.165) is 67.1 Å². The van der Waals surface area contributed by atoms with Gasteiger partial charge in [0.25, 0.3) is 0 Å². The van der Waals surface area contributed by atoms with E-state index in [1.54, 1.807) is 6.07 Å². The molecule has 4 N–H and O–H groups in total. The van der Waals surface area contributed by atoms with Gasteiger partial charge in [0.1, 0.15) is 0 Å². The van der Waals surface area contributed by atoms with Gasteiger partial charge in [0.2, 0.25) is 10.0 Å². The van der Waals surface area contributed by atoms with Gasteiger partial charge in [-0.15, -0.1) is 0 Å². The molecule has 0 atom stereocenters. The van der Waals surface area contributed by atoms with E-state index in [1.807, 2.05) is 38.1 Å². The molecule has 2 amide bonds. The number of aryl methyl sites for hydroxylation is 3. The largest absolute Gasteiger partial charge is 0.337 e. The molecule has 0 saturated carbocycles. The lowest BCUT2D eigenvalue weighted by Crippen LogP contribution is -2.40. The summed E-state index contributed by atoms with van der Waals surface area (Å²) in [7, 11) is -3.75. The van der Waals surface area contributed by atoms with Crippen molar-refractivity contribution in [3.63, 3.8) is 0 Å². The summed E-state index contributed by atoms with van der Waals surface area (Å²) in [5, 5.41) is 11.2. The van der Waals surface area contributed by atoms with Gasteiger partial charge in [-0.25, -0.2) is 18.4 Å². The average molecular weight is 460 g/mol. The molecule has 32 heavy (non-hydrogen) atoms. The van der Waals surface area contributed by atoms with Crippen molar-refractivity contribution in [2.45, 2.75) is 50.8 Å². The first-order chi connectivity index (χ1) is 15.2. The molecule has 1 fully saturated rings. The fraction of sp³-hybridized carbons (Fsp3) is 0.478. The summed E-state index contributed by atoms with van der Waals surface area (Å²) in [4.78, 5) is 19.0. The van der Waals surface area contributed by atoms with Gasteiger partial charge in [0.05, 0.1) is 4.90 Å². The summed E-state index contributed by atoms with van der Waals surface area (Å²) in [6.45, 7) is 8.81. The van der Waals surface area contributed by atoms with Crippen LogP contribution in [0.3, 0.4) is 0 Å². The topological polar surface area (TPSA) is 117 Å². The zero-order chi connectivity index (χ0) is 23.3. The monoisotopic (exact) mass is 459 g/mol. The molecule has 0 spiro atoms. The second kappa shape index (κ2) is 10.4. The zero-order valence-corrected chi connectivity index (χ0v) is 19.8. The first-order valence-electron chi connectivity index (χ1n) is 11.0. The molecule has 2 aromatic rings. The molecule has 0 unspecified atom stereocenters. The van der Waals surface area contributed by atoms with Gasteiger partial charge in [-0.05, 0) is 81.4 Å². The van der Waals surface area contributed by atoms with E-state index >= 15 is 0 Å². The Kier molecular flexibility index (Phi) is 7.86. The summed E-state index contributed by atoms with van der Waals surface area (Å²) in [5.74, 6) is 0.167. The number of amides is 2. The first kappa shape index (κ1) is 24.2. The lowest BCUT2D eigenvalue weighted by atomic mass is 9.88. The minimum absolute atomic E-state index is 0.167. The fourth-order valence-corrected chi connectivity index (χ4v) is 5.08. The SMILES string of the molecule is CCc1ccc(S(N)(=O)=O)c(C2CCN(CCNC(=O)Nc3cc(C)nc(C)c3)CC2)c1. The number of carbonyl (C=O) groups excluding carboxylic acids is 1. The smallest absolute Gasteiger partial charge is 0.319 e. The Morgan fingerprint density at radius 1 is 1.16 bits per heavy atom. The maximum atomic E-state index is 12.2. The number of pyridine rings is 1. The molecule has 0 aliphatic carbocycles. The van der Waals surface area contributed by atoms with E-state index in [2.05, 4.69) is 27.4 Å². The summed E-state index contributed by atoms with van der Waals surface area (Å²) in [5.41, 5.74) is 4.40. The summed E-state index contributed by atoms with van der Waals surface area (Å²) in [6, 6.07) is 8.91. The molecule has 2 heterocycles. The molecular weight excluding hydrogens is 426 g/mol. The predicted octanol–water partition coefficient (Wildman–Crippen LogP) is 2.91. The van der Waals surface area contributed by atoms with Crippen molar-refractivity contribution in [3.8, 4) is 0 Å².